The number of rotatable bonds is 5. The van der Waals surface area contributed by atoms with Crippen molar-refractivity contribution in [2.45, 2.75) is 30.0 Å². The zero-order valence-corrected chi connectivity index (χ0v) is 18.3. The van der Waals surface area contributed by atoms with E-state index in [0.717, 1.165) is 24.3 Å². The first-order chi connectivity index (χ1) is 16.2. The molecule has 2 aliphatic heterocycles. The monoisotopic (exact) mass is 497 g/mol. The first-order valence-electron chi connectivity index (χ1n) is 10.3. The molecule has 0 spiro atoms. The fourth-order valence-corrected chi connectivity index (χ4v) is 5.39. The lowest BCUT2D eigenvalue weighted by Crippen LogP contribution is -2.39. The summed E-state index contributed by atoms with van der Waals surface area (Å²) in [6, 6.07) is 9.34. The number of halogens is 3. The Morgan fingerprint density at radius 1 is 1.03 bits per heavy atom. The zero-order chi connectivity index (χ0) is 23.9. The van der Waals surface area contributed by atoms with Crippen molar-refractivity contribution in [3.05, 3.63) is 48.4 Å². The van der Waals surface area contributed by atoms with E-state index >= 15 is 0 Å². The number of fused-ring (bicyclic) bond motifs is 1. The third-order valence-electron chi connectivity index (χ3n) is 5.49. The Bertz CT molecular complexity index is 1290. The van der Waals surface area contributed by atoms with Crippen LogP contribution in [0.5, 0.6) is 17.2 Å². The predicted octanol–water partition coefficient (Wildman–Crippen LogP) is 3.93. The van der Waals surface area contributed by atoms with Gasteiger partial charge in [0.2, 0.25) is 28.6 Å². The van der Waals surface area contributed by atoms with E-state index in [4.69, 9.17) is 13.9 Å². The number of aromatic nitrogens is 2. The molecule has 1 fully saturated rings. The maximum absolute atomic E-state index is 13.1. The van der Waals surface area contributed by atoms with E-state index in [9.17, 15) is 21.6 Å². The Morgan fingerprint density at radius 3 is 2.56 bits per heavy atom. The van der Waals surface area contributed by atoms with Gasteiger partial charge in [0, 0.05) is 18.7 Å². The van der Waals surface area contributed by atoms with Crippen LogP contribution in [0.4, 0.5) is 13.2 Å². The van der Waals surface area contributed by atoms with Crippen LogP contribution in [-0.4, -0.2) is 49.2 Å². The van der Waals surface area contributed by atoms with Crippen LogP contribution in [0.2, 0.25) is 0 Å². The third-order valence-corrected chi connectivity index (χ3v) is 7.37. The van der Waals surface area contributed by atoms with E-state index in [1.54, 1.807) is 18.2 Å². The molecule has 0 amide bonds. The smallest absolute Gasteiger partial charge is 0.454 e. The molecule has 0 saturated carbocycles. The number of piperidine rings is 1. The summed E-state index contributed by atoms with van der Waals surface area (Å²) in [5.41, 5.74) is 0.643. The molecule has 1 unspecified atom stereocenters. The topological polar surface area (TPSA) is 104 Å². The van der Waals surface area contributed by atoms with Crippen LogP contribution < -0.4 is 14.2 Å². The van der Waals surface area contributed by atoms with E-state index in [0.29, 0.717) is 35.8 Å². The molecule has 0 bridgehead atoms. The number of hydrogen-bond donors (Lipinski definition) is 0. The van der Waals surface area contributed by atoms with Crippen LogP contribution in [-0.2, 0) is 10.0 Å². The van der Waals surface area contributed by atoms with Crippen LogP contribution in [0.15, 0.2) is 51.8 Å². The lowest BCUT2D eigenvalue weighted by molar-refractivity contribution is -0.274. The standard InChI is InChI=1S/C21H18F3N3O6S/c22-21(23,24)33-15-4-6-16(7-5-15)34(28,29)27-9-1-2-14(11-27)20-26-25-19(32-20)13-3-8-17-18(10-13)31-12-30-17/h3-8,10,14H,1-2,9,11-12H2. The van der Waals surface area contributed by atoms with Crippen molar-refractivity contribution in [3.63, 3.8) is 0 Å². The van der Waals surface area contributed by atoms with Gasteiger partial charge in [-0.1, -0.05) is 0 Å². The van der Waals surface area contributed by atoms with Gasteiger partial charge in [0.1, 0.15) is 5.75 Å². The van der Waals surface area contributed by atoms with E-state index < -0.39 is 22.1 Å². The van der Waals surface area contributed by atoms with Crippen LogP contribution in [0, 0.1) is 0 Å². The summed E-state index contributed by atoms with van der Waals surface area (Å²) < 4.78 is 84.8. The molecule has 1 atom stereocenters. The Kier molecular flexibility index (Phi) is 5.60. The van der Waals surface area contributed by atoms with Crippen LogP contribution in [0.3, 0.4) is 0 Å². The molecule has 2 aliphatic rings. The molecular formula is C21H18F3N3O6S. The number of benzene rings is 2. The van der Waals surface area contributed by atoms with Crippen molar-refractivity contribution in [1.29, 1.82) is 0 Å². The van der Waals surface area contributed by atoms with Crippen molar-refractivity contribution in [1.82, 2.24) is 14.5 Å². The largest absolute Gasteiger partial charge is 0.573 e. The minimum Gasteiger partial charge on any atom is -0.454 e. The van der Waals surface area contributed by atoms with Gasteiger partial charge >= 0.3 is 6.36 Å². The minimum absolute atomic E-state index is 0.103. The van der Waals surface area contributed by atoms with Crippen molar-refractivity contribution >= 4 is 10.0 Å². The second-order valence-corrected chi connectivity index (χ2v) is 9.67. The van der Waals surface area contributed by atoms with Gasteiger partial charge in [-0.05, 0) is 55.3 Å². The van der Waals surface area contributed by atoms with Gasteiger partial charge in [-0.15, -0.1) is 23.4 Å². The highest BCUT2D eigenvalue weighted by Crippen LogP contribution is 2.37. The maximum Gasteiger partial charge on any atom is 0.573 e. The second-order valence-electron chi connectivity index (χ2n) is 7.73. The Hall–Kier alpha value is -3.32. The molecule has 180 valence electrons. The predicted molar refractivity (Wildman–Crippen MR) is 110 cm³/mol. The zero-order valence-electron chi connectivity index (χ0n) is 17.5. The average Bonchev–Trinajstić information content (AvgIpc) is 3.48. The Morgan fingerprint density at radius 2 is 1.79 bits per heavy atom. The molecule has 2 aromatic carbocycles. The van der Waals surface area contributed by atoms with Crippen molar-refractivity contribution in [2.75, 3.05) is 19.9 Å². The van der Waals surface area contributed by atoms with Gasteiger partial charge < -0.3 is 18.6 Å². The normalized spacial score (nSPS) is 18.7. The first kappa shape index (κ1) is 22.5. The van der Waals surface area contributed by atoms with Crippen molar-refractivity contribution < 1.29 is 40.2 Å². The molecule has 5 rings (SSSR count). The molecule has 9 nitrogen and oxygen atoms in total. The molecule has 1 aromatic heterocycles. The molecule has 13 heteroatoms. The quantitative estimate of drug-likeness (QED) is 0.522. The fraction of sp³-hybridized carbons (Fsp3) is 0.333. The third kappa shape index (κ3) is 4.53. The lowest BCUT2D eigenvalue weighted by Gasteiger charge is -2.30. The summed E-state index contributed by atoms with van der Waals surface area (Å²) in [6.07, 6.45) is -3.65. The second kappa shape index (κ2) is 8.47. The Labute approximate surface area is 192 Å². The SMILES string of the molecule is O=S(=O)(c1ccc(OC(F)(F)F)cc1)N1CCCC(c2nnc(-c3ccc4c(c3)OCO4)o2)C1. The van der Waals surface area contributed by atoms with Gasteiger partial charge in [0.15, 0.2) is 11.5 Å². The number of sulfonamides is 1. The Balaban J connectivity index is 1.31. The number of nitrogens with zero attached hydrogens (tertiary/aromatic N) is 3. The van der Waals surface area contributed by atoms with Gasteiger partial charge in [-0.25, -0.2) is 8.42 Å². The molecule has 0 aliphatic carbocycles. The van der Waals surface area contributed by atoms with Crippen LogP contribution in [0.25, 0.3) is 11.5 Å². The average molecular weight is 497 g/mol. The number of alkyl halides is 3. The molecule has 1 saturated heterocycles. The number of hydrogen-bond acceptors (Lipinski definition) is 8. The molecule has 34 heavy (non-hydrogen) atoms. The number of ether oxygens (including phenoxy) is 3. The van der Waals surface area contributed by atoms with Crippen LogP contribution in [0.1, 0.15) is 24.7 Å². The van der Waals surface area contributed by atoms with E-state index in [-0.39, 0.29) is 36.6 Å². The van der Waals surface area contributed by atoms with Gasteiger partial charge in [-0.2, -0.15) is 4.31 Å². The summed E-state index contributed by atoms with van der Waals surface area (Å²) in [5.74, 6) is 0.944. The van der Waals surface area contributed by atoms with Gasteiger partial charge in [-0.3, -0.25) is 0 Å². The highest BCUT2D eigenvalue weighted by Gasteiger charge is 2.34. The molecule has 3 heterocycles. The molecular weight excluding hydrogens is 479 g/mol. The maximum atomic E-state index is 13.1. The van der Waals surface area contributed by atoms with Gasteiger partial charge in [0.05, 0.1) is 10.8 Å². The van der Waals surface area contributed by atoms with Crippen molar-refractivity contribution in [3.8, 4) is 28.7 Å². The summed E-state index contributed by atoms with van der Waals surface area (Å²) in [7, 11) is -3.94. The molecule has 0 radical (unpaired) electrons. The molecule has 0 N–H and O–H groups in total. The van der Waals surface area contributed by atoms with Crippen LogP contribution >= 0.6 is 0 Å². The van der Waals surface area contributed by atoms with E-state index in [2.05, 4.69) is 14.9 Å². The minimum atomic E-state index is -4.86. The fourth-order valence-electron chi connectivity index (χ4n) is 3.87. The van der Waals surface area contributed by atoms with Gasteiger partial charge in [0.25, 0.3) is 0 Å². The summed E-state index contributed by atoms with van der Waals surface area (Å²) in [6.45, 7) is 0.507. The lowest BCUT2D eigenvalue weighted by atomic mass is 10.00. The van der Waals surface area contributed by atoms with Crippen molar-refractivity contribution in [2.24, 2.45) is 0 Å². The molecule has 3 aromatic rings. The highest BCUT2D eigenvalue weighted by atomic mass is 32.2. The summed E-state index contributed by atoms with van der Waals surface area (Å²) in [5, 5.41) is 8.20. The highest BCUT2D eigenvalue weighted by molar-refractivity contribution is 7.89. The summed E-state index contributed by atoms with van der Waals surface area (Å²) >= 11 is 0. The van der Waals surface area contributed by atoms with E-state index in [1.807, 2.05) is 0 Å². The van der Waals surface area contributed by atoms with E-state index in [1.165, 1.54) is 4.31 Å². The summed E-state index contributed by atoms with van der Waals surface area (Å²) in [4.78, 5) is -0.130. The first-order valence-corrected chi connectivity index (χ1v) is 11.7.